The zero-order valence-electron chi connectivity index (χ0n) is 14.2. The SMILES string of the molecule is Cc1ccc(-c2csc(NC(=O)CSc3nnc(C4CC4)n3N)n2)cc1. The second-order valence-electron chi connectivity index (χ2n) is 6.23. The van der Waals surface area contributed by atoms with Gasteiger partial charge >= 0.3 is 0 Å². The van der Waals surface area contributed by atoms with Gasteiger partial charge in [0.2, 0.25) is 11.1 Å². The van der Waals surface area contributed by atoms with E-state index in [4.69, 9.17) is 5.84 Å². The van der Waals surface area contributed by atoms with E-state index in [-0.39, 0.29) is 11.7 Å². The third kappa shape index (κ3) is 3.73. The molecule has 0 atom stereocenters. The van der Waals surface area contributed by atoms with Gasteiger partial charge in [-0.3, -0.25) is 4.79 Å². The van der Waals surface area contributed by atoms with E-state index in [1.54, 1.807) is 0 Å². The molecule has 4 rings (SSSR count). The number of thiazole rings is 1. The van der Waals surface area contributed by atoms with Gasteiger partial charge in [0.1, 0.15) is 0 Å². The van der Waals surface area contributed by atoms with Crippen LogP contribution in [0.3, 0.4) is 0 Å². The summed E-state index contributed by atoms with van der Waals surface area (Å²) in [5.41, 5.74) is 3.09. The molecule has 1 aliphatic carbocycles. The number of benzene rings is 1. The molecule has 1 aliphatic rings. The summed E-state index contributed by atoms with van der Waals surface area (Å²) in [5, 5.41) is 14.1. The molecule has 1 saturated carbocycles. The van der Waals surface area contributed by atoms with Crippen molar-refractivity contribution in [2.24, 2.45) is 0 Å². The van der Waals surface area contributed by atoms with Crippen LogP contribution in [0.1, 0.15) is 30.1 Å². The number of nitrogens with two attached hydrogens (primary N) is 1. The molecular formula is C17H18N6OS2. The molecule has 2 aromatic heterocycles. The minimum atomic E-state index is -0.143. The maximum Gasteiger partial charge on any atom is 0.236 e. The van der Waals surface area contributed by atoms with E-state index in [0.717, 1.165) is 29.9 Å². The fraction of sp³-hybridized carbons (Fsp3) is 0.294. The molecule has 7 nitrogen and oxygen atoms in total. The van der Waals surface area contributed by atoms with Gasteiger partial charge in [-0.05, 0) is 19.8 Å². The normalized spacial score (nSPS) is 13.7. The van der Waals surface area contributed by atoms with Crippen LogP contribution in [-0.4, -0.2) is 31.5 Å². The maximum atomic E-state index is 12.2. The zero-order chi connectivity index (χ0) is 18.1. The molecule has 1 fully saturated rings. The molecule has 1 amide bonds. The van der Waals surface area contributed by atoms with Crippen LogP contribution in [0.15, 0.2) is 34.8 Å². The molecule has 3 aromatic rings. The van der Waals surface area contributed by atoms with Gasteiger partial charge in [0, 0.05) is 16.9 Å². The molecule has 1 aromatic carbocycles. The van der Waals surface area contributed by atoms with Crippen LogP contribution in [0.2, 0.25) is 0 Å². The fourth-order valence-corrected chi connectivity index (χ4v) is 3.88. The van der Waals surface area contributed by atoms with E-state index in [9.17, 15) is 4.79 Å². The van der Waals surface area contributed by atoms with Crippen molar-refractivity contribution in [2.75, 3.05) is 16.9 Å². The number of nitrogens with zero attached hydrogens (tertiary/aromatic N) is 4. The van der Waals surface area contributed by atoms with Crippen LogP contribution in [-0.2, 0) is 4.79 Å². The summed E-state index contributed by atoms with van der Waals surface area (Å²) < 4.78 is 1.49. The van der Waals surface area contributed by atoms with Crippen molar-refractivity contribution in [3.8, 4) is 11.3 Å². The number of aromatic nitrogens is 4. The number of hydrogen-bond donors (Lipinski definition) is 2. The van der Waals surface area contributed by atoms with Crippen LogP contribution in [0.4, 0.5) is 5.13 Å². The van der Waals surface area contributed by atoms with E-state index in [1.807, 2.05) is 36.6 Å². The van der Waals surface area contributed by atoms with Gasteiger partial charge < -0.3 is 11.2 Å². The van der Waals surface area contributed by atoms with Gasteiger partial charge in [-0.1, -0.05) is 41.6 Å². The zero-order valence-corrected chi connectivity index (χ0v) is 15.8. The summed E-state index contributed by atoms with van der Waals surface area (Å²) in [6.45, 7) is 2.05. The molecule has 0 bridgehead atoms. The Bertz CT molecular complexity index is 929. The summed E-state index contributed by atoms with van der Waals surface area (Å²) in [6, 6.07) is 8.14. The molecule has 3 N–H and O–H groups in total. The second-order valence-corrected chi connectivity index (χ2v) is 8.03. The molecule has 26 heavy (non-hydrogen) atoms. The van der Waals surface area contributed by atoms with Gasteiger partial charge in [-0.2, -0.15) is 0 Å². The van der Waals surface area contributed by atoms with Crippen LogP contribution < -0.4 is 11.2 Å². The summed E-state index contributed by atoms with van der Waals surface area (Å²) in [6.07, 6.45) is 2.21. The number of rotatable bonds is 6. The molecular weight excluding hydrogens is 368 g/mol. The highest BCUT2D eigenvalue weighted by molar-refractivity contribution is 7.99. The highest BCUT2D eigenvalue weighted by atomic mass is 32.2. The standard InChI is InChI=1S/C17H18N6OS2/c1-10-2-4-11(5-3-10)13-8-25-16(19-13)20-14(24)9-26-17-22-21-15(23(17)18)12-6-7-12/h2-5,8,12H,6-7,9,18H2,1H3,(H,19,20,24). The van der Waals surface area contributed by atoms with Crippen molar-refractivity contribution in [1.82, 2.24) is 19.9 Å². The molecule has 0 saturated heterocycles. The van der Waals surface area contributed by atoms with E-state index < -0.39 is 0 Å². The number of hydrogen-bond acceptors (Lipinski definition) is 7. The summed E-state index contributed by atoms with van der Waals surface area (Å²) >= 11 is 2.68. The maximum absolute atomic E-state index is 12.2. The molecule has 0 unspecified atom stereocenters. The number of nitrogen functional groups attached to an aromatic ring is 1. The number of anilines is 1. The molecule has 0 spiro atoms. The topological polar surface area (TPSA) is 98.7 Å². The Hall–Kier alpha value is -2.39. The Balaban J connectivity index is 1.34. The quantitative estimate of drug-likeness (QED) is 0.499. The van der Waals surface area contributed by atoms with Crippen molar-refractivity contribution in [3.05, 3.63) is 41.0 Å². The van der Waals surface area contributed by atoms with Gasteiger partial charge in [0.05, 0.1) is 11.4 Å². The van der Waals surface area contributed by atoms with Crippen LogP contribution >= 0.6 is 23.1 Å². The Morgan fingerprint density at radius 2 is 2.12 bits per heavy atom. The summed E-state index contributed by atoms with van der Waals surface area (Å²) in [5.74, 6) is 7.28. The van der Waals surface area contributed by atoms with Gasteiger partial charge in [0.15, 0.2) is 11.0 Å². The highest BCUT2D eigenvalue weighted by Gasteiger charge is 2.30. The predicted molar refractivity (Wildman–Crippen MR) is 104 cm³/mol. The lowest BCUT2D eigenvalue weighted by molar-refractivity contribution is -0.113. The van der Waals surface area contributed by atoms with Gasteiger partial charge in [0.25, 0.3) is 0 Å². The molecule has 9 heteroatoms. The first-order valence-corrected chi connectivity index (χ1v) is 10.1. The number of nitrogens with one attached hydrogen (secondary N) is 1. The predicted octanol–water partition coefficient (Wildman–Crippen LogP) is 3.03. The first kappa shape index (κ1) is 17.0. The molecule has 2 heterocycles. The van der Waals surface area contributed by atoms with Gasteiger partial charge in [-0.15, -0.1) is 21.5 Å². The summed E-state index contributed by atoms with van der Waals surface area (Å²) in [7, 11) is 0. The smallest absolute Gasteiger partial charge is 0.236 e. The van der Waals surface area contributed by atoms with Crippen molar-refractivity contribution < 1.29 is 4.79 Å². The molecule has 134 valence electrons. The largest absolute Gasteiger partial charge is 0.336 e. The van der Waals surface area contributed by atoms with E-state index in [2.05, 4.69) is 20.5 Å². The Labute approximate surface area is 159 Å². The minimum Gasteiger partial charge on any atom is -0.336 e. The lowest BCUT2D eigenvalue weighted by Gasteiger charge is -2.03. The number of carbonyl (C=O) groups is 1. The Kier molecular flexibility index (Phi) is 4.64. The number of amides is 1. The van der Waals surface area contributed by atoms with Crippen LogP contribution in [0.25, 0.3) is 11.3 Å². The lowest BCUT2D eigenvalue weighted by atomic mass is 10.1. The monoisotopic (exact) mass is 386 g/mol. The van der Waals surface area contributed by atoms with Crippen molar-refractivity contribution in [1.29, 1.82) is 0 Å². The molecule has 0 aliphatic heterocycles. The number of thioether (sulfide) groups is 1. The Morgan fingerprint density at radius 3 is 2.85 bits per heavy atom. The third-order valence-corrected chi connectivity index (χ3v) is 5.76. The highest BCUT2D eigenvalue weighted by Crippen LogP contribution is 2.39. The Morgan fingerprint density at radius 1 is 1.35 bits per heavy atom. The van der Waals surface area contributed by atoms with E-state index in [0.29, 0.717) is 16.2 Å². The number of aryl methyl sites for hydroxylation is 1. The third-order valence-electron chi connectivity index (χ3n) is 4.06. The first-order chi connectivity index (χ1) is 12.6. The lowest BCUT2D eigenvalue weighted by Crippen LogP contribution is -2.17. The van der Waals surface area contributed by atoms with Crippen molar-refractivity contribution in [3.63, 3.8) is 0 Å². The van der Waals surface area contributed by atoms with E-state index in [1.165, 1.54) is 33.3 Å². The molecule has 0 radical (unpaired) electrons. The number of carbonyl (C=O) groups excluding carboxylic acids is 1. The van der Waals surface area contributed by atoms with Crippen LogP contribution in [0.5, 0.6) is 0 Å². The van der Waals surface area contributed by atoms with Crippen LogP contribution in [0, 0.1) is 6.92 Å². The minimum absolute atomic E-state index is 0.143. The fourth-order valence-electron chi connectivity index (χ4n) is 2.48. The van der Waals surface area contributed by atoms with Crippen molar-refractivity contribution >= 4 is 34.1 Å². The first-order valence-electron chi connectivity index (χ1n) is 8.26. The van der Waals surface area contributed by atoms with E-state index >= 15 is 0 Å². The van der Waals surface area contributed by atoms with Gasteiger partial charge in [-0.25, -0.2) is 9.66 Å². The average molecular weight is 387 g/mol. The second kappa shape index (κ2) is 7.08. The average Bonchev–Trinajstić information content (AvgIpc) is 3.25. The summed E-state index contributed by atoms with van der Waals surface area (Å²) in [4.78, 5) is 16.7. The van der Waals surface area contributed by atoms with Crippen molar-refractivity contribution in [2.45, 2.75) is 30.8 Å².